The van der Waals surface area contributed by atoms with E-state index in [1.165, 1.54) is 24.8 Å². The van der Waals surface area contributed by atoms with Gasteiger partial charge in [-0.15, -0.1) is 0 Å². The average Bonchev–Trinajstić information content (AvgIpc) is 2.24. The minimum atomic E-state index is 0.261. The summed E-state index contributed by atoms with van der Waals surface area (Å²) in [5.41, 5.74) is 7.61. The highest BCUT2D eigenvalue weighted by molar-refractivity contribution is 6.30. The fourth-order valence-corrected chi connectivity index (χ4v) is 3.19. The van der Waals surface area contributed by atoms with E-state index >= 15 is 0 Å². The number of hydrogen-bond acceptors (Lipinski definition) is 2. The highest BCUT2D eigenvalue weighted by Gasteiger charge is 2.44. The molecule has 0 heterocycles. The molecule has 0 radical (unpaired) electrons. The summed E-state index contributed by atoms with van der Waals surface area (Å²) in [5, 5.41) is 0.793. The Morgan fingerprint density at radius 3 is 2.24 bits per heavy atom. The number of benzene rings is 1. The Morgan fingerprint density at radius 2 is 1.88 bits per heavy atom. The molecular formula is C14H21ClN2. The molecule has 0 saturated heterocycles. The number of hydrogen-bond donors (Lipinski definition) is 1. The van der Waals surface area contributed by atoms with Gasteiger partial charge in [0.15, 0.2) is 0 Å². The first-order valence-electron chi connectivity index (χ1n) is 6.21. The Labute approximate surface area is 109 Å². The van der Waals surface area contributed by atoms with Crippen molar-refractivity contribution in [2.45, 2.75) is 25.3 Å². The predicted molar refractivity (Wildman–Crippen MR) is 73.2 cm³/mol. The van der Waals surface area contributed by atoms with Crippen LogP contribution in [-0.4, -0.2) is 25.5 Å². The molecule has 0 amide bonds. The van der Waals surface area contributed by atoms with Crippen molar-refractivity contribution >= 4 is 11.6 Å². The van der Waals surface area contributed by atoms with Crippen LogP contribution in [-0.2, 0) is 0 Å². The normalized spacial score (nSPS) is 20.1. The van der Waals surface area contributed by atoms with Gasteiger partial charge < -0.3 is 10.6 Å². The molecule has 0 aromatic heterocycles. The predicted octanol–water partition coefficient (Wildman–Crippen LogP) is 3.07. The number of nitrogens with zero attached hydrogens (tertiary/aromatic N) is 1. The van der Waals surface area contributed by atoms with Crippen LogP contribution in [0.15, 0.2) is 24.3 Å². The van der Waals surface area contributed by atoms with E-state index in [0.29, 0.717) is 6.04 Å². The Morgan fingerprint density at radius 1 is 1.29 bits per heavy atom. The van der Waals surface area contributed by atoms with E-state index in [0.717, 1.165) is 11.6 Å². The third-order valence-corrected chi connectivity index (χ3v) is 4.29. The number of nitrogens with two attached hydrogens (primary N) is 1. The van der Waals surface area contributed by atoms with E-state index in [9.17, 15) is 0 Å². The maximum Gasteiger partial charge on any atom is 0.0410 e. The zero-order valence-electron chi connectivity index (χ0n) is 10.6. The molecule has 0 bridgehead atoms. The average molecular weight is 253 g/mol. The topological polar surface area (TPSA) is 29.3 Å². The molecule has 1 aliphatic rings. The minimum absolute atomic E-state index is 0.261. The quantitative estimate of drug-likeness (QED) is 0.893. The van der Waals surface area contributed by atoms with Crippen molar-refractivity contribution in [2.24, 2.45) is 11.1 Å². The van der Waals surface area contributed by atoms with Crippen molar-refractivity contribution in [1.29, 1.82) is 0 Å². The summed E-state index contributed by atoms with van der Waals surface area (Å²) in [6.45, 7) is 0.762. The summed E-state index contributed by atoms with van der Waals surface area (Å²) < 4.78 is 0. The van der Waals surface area contributed by atoms with Gasteiger partial charge in [-0.25, -0.2) is 0 Å². The van der Waals surface area contributed by atoms with Gasteiger partial charge >= 0.3 is 0 Å². The van der Waals surface area contributed by atoms with E-state index in [2.05, 4.69) is 31.1 Å². The van der Waals surface area contributed by atoms with E-state index in [1.807, 2.05) is 12.1 Å². The Balaban J connectivity index is 2.32. The standard InChI is InChI=1S/C14H21ClN2/c1-17(2)13(14(10-16)8-3-9-14)11-4-6-12(15)7-5-11/h4-7,13H,3,8-10,16H2,1-2H3. The molecule has 1 saturated carbocycles. The molecule has 2 N–H and O–H groups in total. The fourth-order valence-electron chi connectivity index (χ4n) is 3.06. The molecule has 17 heavy (non-hydrogen) atoms. The summed E-state index contributed by atoms with van der Waals surface area (Å²) in [6.07, 6.45) is 3.76. The molecule has 1 aromatic carbocycles. The molecule has 94 valence electrons. The first kappa shape index (κ1) is 12.9. The lowest BCUT2D eigenvalue weighted by molar-refractivity contribution is 0.0282. The zero-order valence-corrected chi connectivity index (χ0v) is 11.4. The minimum Gasteiger partial charge on any atom is -0.330 e. The molecule has 3 heteroatoms. The van der Waals surface area contributed by atoms with Gasteiger partial charge in [0.2, 0.25) is 0 Å². The molecule has 2 nitrogen and oxygen atoms in total. The lowest BCUT2D eigenvalue weighted by Gasteiger charge is -2.50. The molecule has 0 spiro atoms. The maximum atomic E-state index is 6.02. The molecule has 1 aromatic rings. The van der Waals surface area contributed by atoms with Gasteiger partial charge in [-0.3, -0.25) is 0 Å². The van der Waals surface area contributed by atoms with E-state index in [4.69, 9.17) is 17.3 Å². The van der Waals surface area contributed by atoms with Gasteiger partial charge in [-0.2, -0.15) is 0 Å². The van der Waals surface area contributed by atoms with E-state index in [1.54, 1.807) is 0 Å². The van der Waals surface area contributed by atoms with Crippen LogP contribution in [0.5, 0.6) is 0 Å². The largest absolute Gasteiger partial charge is 0.330 e. The summed E-state index contributed by atoms with van der Waals surface area (Å²) in [6, 6.07) is 8.59. The van der Waals surface area contributed by atoms with Crippen LogP contribution >= 0.6 is 11.6 Å². The zero-order chi connectivity index (χ0) is 12.5. The molecule has 1 aliphatic carbocycles. The van der Waals surface area contributed by atoms with Crippen LogP contribution < -0.4 is 5.73 Å². The fraction of sp³-hybridized carbons (Fsp3) is 0.571. The maximum absolute atomic E-state index is 6.02. The van der Waals surface area contributed by atoms with E-state index < -0.39 is 0 Å². The second-order valence-corrected chi connectivity index (χ2v) is 5.77. The van der Waals surface area contributed by atoms with Crippen LogP contribution in [0.1, 0.15) is 30.9 Å². The van der Waals surface area contributed by atoms with Crippen LogP contribution in [0.3, 0.4) is 0 Å². The Kier molecular flexibility index (Phi) is 3.76. The van der Waals surface area contributed by atoms with Gasteiger partial charge in [-0.1, -0.05) is 30.2 Å². The third-order valence-electron chi connectivity index (χ3n) is 4.04. The van der Waals surface area contributed by atoms with Gasteiger partial charge in [0, 0.05) is 16.5 Å². The summed E-state index contributed by atoms with van der Waals surface area (Å²) >= 11 is 5.95. The van der Waals surface area contributed by atoms with Gasteiger partial charge in [0.05, 0.1) is 0 Å². The Hall–Kier alpha value is -0.570. The van der Waals surface area contributed by atoms with Crippen molar-refractivity contribution in [1.82, 2.24) is 4.90 Å². The van der Waals surface area contributed by atoms with Crippen molar-refractivity contribution in [2.75, 3.05) is 20.6 Å². The molecular weight excluding hydrogens is 232 g/mol. The van der Waals surface area contributed by atoms with Crippen molar-refractivity contribution < 1.29 is 0 Å². The second kappa shape index (κ2) is 4.97. The van der Waals surface area contributed by atoms with Crippen LogP contribution in [0.25, 0.3) is 0 Å². The molecule has 1 unspecified atom stereocenters. The highest BCUT2D eigenvalue weighted by Crippen LogP contribution is 2.51. The summed E-state index contributed by atoms with van der Waals surface area (Å²) in [5.74, 6) is 0. The van der Waals surface area contributed by atoms with Gasteiger partial charge in [-0.05, 0) is 51.2 Å². The molecule has 0 aliphatic heterocycles. The van der Waals surface area contributed by atoms with Crippen molar-refractivity contribution in [3.8, 4) is 0 Å². The van der Waals surface area contributed by atoms with E-state index in [-0.39, 0.29) is 5.41 Å². The van der Waals surface area contributed by atoms with Crippen molar-refractivity contribution in [3.63, 3.8) is 0 Å². The molecule has 1 atom stereocenters. The number of rotatable bonds is 4. The lowest BCUT2D eigenvalue weighted by atomic mass is 9.62. The monoisotopic (exact) mass is 252 g/mol. The van der Waals surface area contributed by atoms with Crippen LogP contribution in [0, 0.1) is 5.41 Å². The highest BCUT2D eigenvalue weighted by atomic mass is 35.5. The lowest BCUT2D eigenvalue weighted by Crippen LogP contribution is -2.47. The van der Waals surface area contributed by atoms with Crippen LogP contribution in [0.2, 0.25) is 5.02 Å². The third kappa shape index (κ3) is 2.35. The van der Waals surface area contributed by atoms with Crippen molar-refractivity contribution in [3.05, 3.63) is 34.9 Å². The first-order valence-corrected chi connectivity index (χ1v) is 6.59. The van der Waals surface area contributed by atoms with Crippen LogP contribution in [0.4, 0.5) is 0 Å². The summed E-state index contributed by atoms with van der Waals surface area (Å²) in [7, 11) is 4.27. The van der Waals surface area contributed by atoms with Gasteiger partial charge in [0.25, 0.3) is 0 Å². The van der Waals surface area contributed by atoms with Gasteiger partial charge in [0.1, 0.15) is 0 Å². The summed E-state index contributed by atoms with van der Waals surface area (Å²) in [4.78, 5) is 2.29. The first-order chi connectivity index (χ1) is 8.09. The number of halogens is 1. The SMILES string of the molecule is CN(C)C(c1ccc(Cl)cc1)C1(CN)CCC1. The second-order valence-electron chi connectivity index (χ2n) is 5.34. The molecule has 2 rings (SSSR count). The molecule has 1 fully saturated rings. The smallest absolute Gasteiger partial charge is 0.0410 e. The Bertz CT molecular complexity index is 363.